The molecule has 1 unspecified atom stereocenters. The van der Waals surface area contributed by atoms with Gasteiger partial charge in [0.15, 0.2) is 0 Å². The number of hydrogen-bond donors (Lipinski definition) is 1. The summed E-state index contributed by atoms with van der Waals surface area (Å²) in [6.45, 7) is 1.54. The maximum atomic E-state index is 11.4. The molecule has 1 amide bonds. The molecule has 0 bridgehead atoms. The number of halogens is 1. The molecule has 2 N–H and O–H groups in total. The molecule has 20 heavy (non-hydrogen) atoms. The zero-order valence-corrected chi connectivity index (χ0v) is 11.8. The van der Waals surface area contributed by atoms with Gasteiger partial charge in [-0.15, -0.1) is 0 Å². The van der Waals surface area contributed by atoms with Crippen LogP contribution in [-0.4, -0.2) is 24.0 Å². The standard InChI is InChI=1S/C15H16ClN3O/c16-12-3-4-13-10(8-12)5-6-18-15(13)19-7-1-2-11(9-19)14(17)20/h3-6,8,11H,1-2,7,9H2,(H2,17,20). The number of nitrogens with zero attached hydrogens (tertiary/aromatic N) is 2. The van der Waals surface area contributed by atoms with Gasteiger partial charge in [0.1, 0.15) is 5.82 Å². The number of anilines is 1. The van der Waals surface area contributed by atoms with E-state index in [0.717, 1.165) is 36.0 Å². The molecule has 1 aliphatic rings. The average Bonchev–Trinajstić information content (AvgIpc) is 2.46. The number of piperidine rings is 1. The van der Waals surface area contributed by atoms with E-state index in [9.17, 15) is 4.79 Å². The van der Waals surface area contributed by atoms with E-state index in [4.69, 9.17) is 17.3 Å². The Morgan fingerprint density at radius 3 is 3.05 bits per heavy atom. The number of fused-ring (bicyclic) bond motifs is 1. The predicted molar refractivity (Wildman–Crippen MR) is 80.9 cm³/mol. The van der Waals surface area contributed by atoms with Crippen LogP contribution in [0.4, 0.5) is 5.82 Å². The first-order valence-electron chi connectivity index (χ1n) is 6.73. The number of amides is 1. The number of carbonyl (C=O) groups is 1. The number of aromatic nitrogens is 1. The second kappa shape index (κ2) is 5.29. The van der Waals surface area contributed by atoms with Gasteiger partial charge in [0.05, 0.1) is 5.92 Å². The van der Waals surface area contributed by atoms with Gasteiger partial charge in [-0.25, -0.2) is 4.98 Å². The van der Waals surface area contributed by atoms with Crippen molar-refractivity contribution in [3.8, 4) is 0 Å². The summed E-state index contributed by atoms with van der Waals surface area (Å²) in [5.41, 5.74) is 5.44. The third kappa shape index (κ3) is 2.43. The van der Waals surface area contributed by atoms with Crippen LogP contribution >= 0.6 is 11.6 Å². The van der Waals surface area contributed by atoms with Gasteiger partial charge in [0.2, 0.25) is 5.91 Å². The first-order valence-corrected chi connectivity index (χ1v) is 7.11. The molecule has 1 saturated heterocycles. The van der Waals surface area contributed by atoms with E-state index in [1.807, 2.05) is 24.3 Å². The summed E-state index contributed by atoms with van der Waals surface area (Å²) >= 11 is 6.03. The van der Waals surface area contributed by atoms with E-state index in [1.165, 1.54) is 0 Å². The average molecular weight is 290 g/mol. The van der Waals surface area contributed by atoms with Crippen molar-refractivity contribution in [2.45, 2.75) is 12.8 Å². The van der Waals surface area contributed by atoms with Crippen molar-refractivity contribution in [1.29, 1.82) is 0 Å². The van der Waals surface area contributed by atoms with E-state index < -0.39 is 0 Å². The number of benzene rings is 1. The second-order valence-corrected chi connectivity index (χ2v) is 5.62. The third-order valence-corrected chi connectivity index (χ3v) is 4.06. The highest BCUT2D eigenvalue weighted by atomic mass is 35.5. The number of nitrogens with two attached hydrogens (primary N) is 1. The molecule has 3 rings (SSSR count). The van der Waals surface area contributed by atoms with Gasteiger partial charge in [-0.3, -0.25) is 4.79 Å². The normalized spacial score (nSPS) is 19.2. The Kier molecular flexibility index (Phi) is 3.49. The summed E-state index contributed by atoms with van der Waals surface area (Å²) in [6.07, 6.45) is 3.60. The van der Waals surface area contributed by atoms with Crippen molar-refractivity contribution in [1.82, 2.24) is 4.98 Å². The van der Waals surface area contributed by atoms with E-state index in [0.29, 0.717) is 11.6 Å². The minimum Gasteiger partial charge on any atom is -0.369 e. The molecule has 0 aliphatic carbocycles. The zero-order valence-electron chi connectivity index (χ0n) is 11.1. The number of primary amides is 1. The molecule has 0 saturated carbocycles. The molecule has 0 radical (unpaired) electrons. The number of rotatable bonds is 2. The molecule has 5 heteroatoms. The van der Waals surface area contributed by atoms with Gasteiger partial charge in [-0.2, -0.15) is 0 Å². The summed E-state index contributed by atoms with van der Waals surface area (Å²) in [7, 11) is 0. The van der Waals surface area contributed by atoms with Crippen LogP contribution in [0.15, 0.2) is 30.5 Å². The summed E-state index contributed by atoms with van der Waals surface area (Å²) in [5, 5.41) is 2.83. The van der Waals surface area contributed by atoms with Gasteiger partial charge >= 0.3 is 0 Å². The SMILES string of the molecule is NC(=O)C1CCCN(c2nccc3cc(Cl)ccc23)C1. The highest BCUT2D eigenvalue weighted by molar-refractivity contribution is 6.31. The summed E-state index contributed by atoms with van der Waals surface area (Å²) < 4.78 is 0. The van der Waals surface area contributed by atoms with Crippen LogP contribution in [0.2, 0.25) is 5.02 Å². The van der Waals surface area contributed by atoms with Crippen molar-refractivity contribution in [3.63, 3.8) is 0 Å². The van der Waals surface area contributed by atoms with Crippen molar-refractivity contribution in [3.05, 3.63) is 35.5 Å². The molecule has 1 fully saturated rings. The Labute approximate surface area is 122 Å². The van der Waals surface area contributed by atoms with Crippen molar-refractivity contribution >= 4 is 34.1 Å². The quantitative estimate of drug-likeness (QED) is 0.924. The Hall–Kier alpha value is -1.81. The van der Waals surface area contributed by atoms with Gasteiger partial charge in [-0.05, 0) is 42.5 Å². The fourth-order valence-corrected chi connectivity index (χ4v) is 2.97. The van der Waals surface area contributed by atoms with Crippen molar-refractivity contribution in [2.75, 3.05) is 18.0 Å². The smallest absolute Gasteiger partial charge is 0.222 e. The molecule has 1 aromatic carbocycles. The van der Waals surface area contributed by atoms with Crippen LogP contribution in [-0.2, 0) is 4.79 Å². The Bertz CT molecular complexity index is 659. The van der Waals surface area contributed by atoms with Crippen LogP contribution in [0.25, 0.3) is 10.8 Å². The Balaban J connectivity index is 1.99. The van der Waals surface area contributed by atoms with Crippen LogP contribution < -0.4 is 10.6 Å². The van der Waals surface area contributed by atoms with E-state index in [1.54, 1.807) is 6.20 Å². The number of hydrogen-bond acceptors (Lipinski definition) is 3. The number of carbonyl (C=O) groups excluding carboxylic acids is 1. The van der Waals surface area contributed by atoms with Crippen molar-refractivity contribution in [2.24, 2.45) is 11.7 Å². The van der Waals surface area contributed by atoms with Gasteiger partial charge in [-0.1, -0.05) is 11.6 Å². The van der Waals surface area contributed by atoms with Crippen LogP contribution in [0.1, 0.15) is 12.8 Å². The van der Waals surface area contributed by atoms with Crippen molar-refractivity contribution < 1.29 is 4.79 Å². The van der Waals surface area contributed by atoms with E-state index >= 15 is 0 Å². The largest absolute Gasteiger partial charge is 0.369 e. The summed E-state index contributed by atoms with van der Waals surface area (Å²) in [4.78, 5) is 18.0. The van der Waals surface area contributed by atoms with E-state index in [-0.39, 0.29) is 11.8 Å². The van der Waals surface area contributed by atoms with Crippen LogP contribution in [0.5, 0.6) is 0 Å². The molecule has 104 valence electrons. The lowest BCUT2D eigenvalue weighted by Gasteiger charge is -2.32. The minimum absolute atomic E-state index is 0.0897. The van der Waals surface area contributed by atoms with Crippen LogP contribution in [0.3, 0.4) is 0 Å². The lowest BCUT2D eigenvalue weighted by molar-refractivity contribution is -0.122. The first-order chi connectivity index (χ1) is 9.65. The van der Waals surface area contributed by atoms with Gasteiger partial charge in [0, 0.05) is 29.7 Å². The first kappa shape index (κ1) is 13.2. The highest BCUT2D eigenvalue weighted by Gasteiger charge is 2.25. The van der Waals surface area contributed by atoms with Crippen LogP contribution in [0, 0.1) is 5.92 Å². The molecule has 0 spiro atoms. The molecule has 2 heterocycles. The molecule has 4 nitrogen and oxygen atoms in total. The molecule has 1 aliphatic heterocycles. The molecule has 2 aromatic rings. The monoisotopic (exact) mass is 289 g/mol. The summed E-state index contributed by atoms with van der Waals surface area (Å²) in [5.74, 6) is 0.594. The lowest BCUT2D eigenvalue weighted by Crippen LogP contribution is -2.41. The maximum absolute atomic E-state index is 11.4. The second-order valence-electron chi connectivity index (χ2n) is 5.19. The van der Waals surface area contributed by atoms with Gasteiger partial charge < -0.3 is 10.6 Å². The zero-order chi connectivity index (χ0) is 14.1. The predicted octanol–water partition coefficient (Wildman–Crippen LogP) is 2.59. The topological polar surface area (TPSA) is 59.2 Å². The lowest BCUT2D eigenvalue weighted by atomic mass is 9.97. The molecular formula is C15H16ClN3O. The molecule has 1 aromatic heterocycles. The Morgan fingerprint density at radius 2 is 2.25 bits per heavy atom. The highest BCUT2D eigenvalue weighted by Crippen LogP contribution is 2.29. The minimum atomic E-state index is -0.224. The van der Waals surface area contributed by atoms with E-state index in [2.05, 4.69) is 9.88 Å². The summed E-state index contributed by atoms with van der Waals surface area (Å²) in [6, 6.07) is 7.72. The fourth-order valence-electron chi connectivity index (χ4n) is 2.79. The molecule has 1 atom stereocenters. The van der Waals surface area contributed by atoms with Gasteiger partial charge in [0.25, 0.3) is 0 Å². The fraction of sp³-hybridized carbons (Fsp3) is 0.333. The number of pyridine rings is 1. The third-order valence-electron chi connectivity index (χ3n) is 3.83. The molecular weight excluding hydrogens is 274 g/mol. The maximum Gasteiger partial charge on any atom is 0.222 e. The Morgan fingerprint density at radius 1 is 1.40 bits per heavy atom.